The van der Waals surface area contributed by atoms with Crippen LogP contribution in [0.2, 0.25) is 5.02 Å². The maximum absolute atomic E-state index is 6.15. The third-order valence-electron chi connectivity index (χ3n) is 3.19. The van der Waals surface area contributed by atoms with Gasteiger partial charge in [0.25, 0.3) is 0 Å². The van der Waals surface area contributed by atoms with E-state index in [-0.39, 0.29) is 0 Å². The molecule has 0 spiro atoms. The lowest BCUT2D eigenvalue weighted by atomic mass is 9.97. The number of hydrogen-bond donors (Lipinski definition) is 2. The highest BCUT2D eigenvalue weighted by atomic mass is 35.5. The van der Waals surface area contributed by atoms with Crippen LogP contribution in [0.4, 0.5) is 11.4 Å². The van der Waals surface area contributed by atoms with Crippen LogP contribution in [0, 0.1) is 5.92 Å². The van der Waals surface area contributed by atoms with Crippen molar-refractivity contribution in [3.63, 3.8) is 0 Å². The van der Waals surface area contributed by atoms with Gasteiger partial charge in [0.15, 0.2) is 0 Å². The lowest BCUT2D eigenvalue weighted by Gasteiger charge is -2.32. The largest absolute Gasteiger partial charge is 0.381 e. The predicted octanol–water partition coefficient (Wildman–Crippen LogP) is 3.59. The fourth-order valence-corrected chi connectivity index (χ4v) is 2.13. The number of halogens is 1. The molecule has 82 valence electrons. The summed E-state index contributed by atoms with van der Waals surface area (Å²) < 4.78 is 0. The van der Waals surface area contributed by atoms with E-state index in [1.165, 1.54) is 6.42 Å². The summed E-state index contributed by atoms with van der Waals surface area (Å²) in [7, 11) is 0. The van der Waals surface area contributed by atoms with Crippen LogP contribution in [0.1, 0.15) is 20.3 Å². The third-order valence-corrected chi connectivity index (χ3v) is 3.50. The van der Waals surface area contributed by atoms with Gasteiger partial charge in [0, 0.05) is 12.6 Å². The fraction of sp³-hybridized carbons (Fsp3) is 0.500. The molecule has 15 heavy (non-hydrogen) atoms. The van der Waals surface area contributed by atoms with Crippen molar-refractivity contribution in [3.05, 3.63) is 23.2 Å². The van der Waals surface area contributed by atoms with E-state index < -0.39 is 0 Å². The molecule has 2 nitrogen and oxygen atoms in total. The van der Waals surface area contributed by atoms with Crippen LogP contribution in [0.15, 0.2) is 18.2 Å². The molecule has 0 bridgehead atoms. The van der Waals surface area contributed by atoms with Crippen molar-refractivity contribution in [1.29, 1.82) is 0 Å². The molecule has 1 aliphatic heterocycles. The van der Waals surface area contributed by atoms with E-state index in [1.54, 1.807) is 0 Å². The van der Waals surface area contributed by atoms with Gasteiger partial charge in [-0.15, -0.1) is 0 Å². The monoisotopic (exact) mass is 224 g/mol. The first-order valence-electron chi connectivity index (χ1n) is 5.51. The zero-order chi connectivity index (χ0) is 10.8. The molecule has 0 fully saturated rings. The highest BCUT2D eigenvalue weighted by molar-refractivity contribution is 6.34. The highest BCUT2D eigenvalue weighted by Crippen LogP contribution is 2.34. The molecule has 2 N–H and O–H groups in total. The van der Waals surface area contributed by atoms with Gasteiger partial charge in [-0.25, -0.2) is 0 Å². The molecule has 0 aromatic heterocycles. The van der Waals surface area contributed by atoms with E-state index in [4.69, 9.17) is 11.6 Å². The lowest BCUT2D eigenvalue weighted by molar-refractivity contribution is 0.478. The highest BCUT2D eigenvalue weighted by Gasteiger charge is 2.22. The number of anilines is 2. The minimum atomic E-state index is 0.474. The summed E-state index contributed by atoms with van der Waals surface area (Å²) in [5.74, 6) is 0.655. The second-order valence-corrected chi connectivity index (χ2v) is 4.59. The SMILES string of the molecule is CCC(C)C1CNc2cccc(Cl)c2N1. The number of hydrogen-bond acceptors (Lipinski definition) is 2. The van der Waals surface area contributed by atoms with Gasteiger partial charge in [0.05, 0.1) is 16.4 Å². The Morgan fingerprint density at radius 2 is 2.33 bits per heavy atom. The van der Waals surface area contributed by atoms with Crippen LogP contribution < -0.4 is 10.6 Å². The molecule has 1 aromatic carbocycles. The van der Waals surface area contributed by atoms with Crippen LogP contribution in [0.25, 0.3) is 0 Å². The van der Waals surface area contributed by atoms with Gasteiger partial charge in [-0.05, 0) is 18.1 Å². The maximum Gasteiger partial charge on any atom is 0.0768 e. The molecule has 2 unspecified atom stereocenters. The number of rotatable bonds is 2. The zero-order valence-corrected chi connectivity index (χ0v) is 9.93. The molecule has 2 rings (SSSR count). The predicted molar refractivity (Wildman–Crippen MR) is 66.8 cm³/mol. The normalized spacial score (nSPS) is 21.1. The van der Waals surface area contributed by atoms with Crippen molar-refractivity contribution < 1.29 is 0 Å². The summed E-state index contributed by atoms with van der Waals surface area (Å²) in [6.07, 6.45) is 1.18. The van der Waals surface area contributed by atoms with Crippen LogP contribution >= 0.6 is 11.6 Å². The summed E-state index contributed by atoms with van der Waals surface area (Å²) in [5.41, 5.74) is 2.16. The number of fused-ring (bicyclic) bond motifs is 1. The first-order chi connectivity index (χ1) is 7.22. The van der Waals surface area contributed by atoms with Crippen LogP contribution in [0.3, 0.4) is 0 Å². The fourth-order valence-electron chi connectivity index (χ4n) is 1.90. The summed E-state index contributed by atoms with van der Waals surface area (Å²) in [6.45, 7) is 5.46. The standard InChI is InChI=1S/C12H17ClN2/c1-3-8(2)11-7-14-10-6-4-5-9(13)12(10)15-11/h4-6,8,11,14-15H,3,7H2,1-2H3. The molecule has 1 heterocycles. The average Bonchev–Trinajstić information content (AvgIpc) is 2.28. The molecule has 3 heteroatoms. The minimum absolute atomic E-state index is 0.474. The zero-order valence-electron chi connectivity index (χ0n) is 9.18. The number of nitrogens with one attached hydrogen (secondary N) is 2. The Morgan fingerprint density at radius 1 is 1.53 bits per heavy atom. The van der Waals surface area contributed by atoms with Crippen molar-refractivity contribution in [3.8, 4) is 0 Å². The van der Waals surface area contributed by atoms with E-state index in [0.717, 1.165) is 22.9 Å². The Kier molecular flexibility index (Phi) is 3.06. The quantitative estimate of drug-likeness (QED) is 0.802. The Labute approximate surface area is 96.0 Å². The Bertz CT molecular complexity index is 351. The van der Waals surface area contributed by atoms with E-state index in [1.807, 2.05) is 12.1 Å². The van der Waals surface area contributed by atoms with Crippen LogP contribution in [0.5, 0.6) is 0 Å². The van der Waals surface area contributed by atoms with Gasteiger partial charge < -0.3 is 10.6 Å². The van der Waals surface area contributed by atoms with Gasteiger partial charge in [-0.1, -0.05) is 37.9 Å². The van der Waals surface area contributed by atoms with Gasteiger partial charge in [-0.3, -0.25) is 0 Å². The summed E-state index contributed by atoms with van der Waals surface area (Å²) in [6, 6.07) is 6.43. The third kappa shape index (κ3) is 2.05. The van der Waals surface area contributed by atoms with Crippen LogP contribution in [-0.2, 0) is 0 Å². The smallest absolute Gasteiger partial charge is 0.0768 e. The van der Waals surface area contributed by atoms with Gasteiger partial charge >= 0.3 is 0 Å². The maximum atomic E-state index is 6.15. The Morgan fingerprint density at radius 3 is 3.07 bits per heavy atom. The molecule has 1 aliphatic rings. The van der Waals surface area contributed by atoms with Crippen molar-refractivity contribution >= 4 is 23.0 Å². The number of para-hydroxylation sites is 1. The summed E-state index contributed by atoms with van der Waals surface area (Å²) in [5, 5.41) is 7.74. The molecule has 0 amide bonds. The minimum Gasteiger partial charge on any atom is -0.381 e. The molecule has 0 saturated carbocycles. The van der Waals surface area contributed by atoms with Gasteiger partial charge in [-0.2, -0.15) is 0 Å². The number of benzene rings is 1. The molecule has 0 saturated heterocycles. The lowest BCUT2D eigenvalue weighted by Crippen LogP contribution is -2.37. The van der Waals surface area contributed by atoms with Gasteiger partial charge in [0.1, 0.15) is 0 Å². The summed E-state index contributed by atoms with van der Waals surface area (Å²) >= 11 is 6.15. The molecular formula is C12H17ClN2. The Hall–Kier alpha value is -0.890. The molecule has 0 aliphatic carbocycles. The molecule has 0 radical (unpaired) electrons. The second kappa shape index (κ2) is 4.31. The first kappa shape index (κ1) is 10.6. The van der Waals surface area contributed by atoms with E-state index in [0.29, 0.717) is 12.0 Å². The van der Waals surface area contributed by atoms with Crippen molar-refractivity contribution in [1.82, 2.24) is 0 Å². The van der Waals surface area contributed by atoms with E-state index >= 15 is 0 Å². The first-order valence-corrected chi connectivity index (χ1v) is 5.89. The van der Waals surface area contributed by atoms with Crippen molar-refractivity contribution in [2.75, 3.05) is 17.2 Å². The topological polar surface area (TPSA) is 24.1 Å². The van der Waals surface area contributed by atoms with Gasteiger partial charge in [0.2, 0.25) is 0 Å². The molecule has 2 atom stereocenters. The van der Waals surface area contributed by atoms with Crippen molar-refractivity contribution in [2.45, 2.75) is 26.3 Å². The summed E-state index contributed by atoms with van der Waals surface area (Å²) in [4.78, 5) is 0. The second-order valence-electron chi connectivity index (χ2n) is 4.18. The Balaban J connectivity index is 2.22. The average molecular weight is 225 g/mol. The molecule has 1 aromatic rings. The van der Waals surface area contributed by atoms with Crippen LogP contribution in [-0.4, -0.2) is 12.6 Å². The van der Waals surface area contributed by atoms with E-state index in [9.17, 15) is 0 Å². The molecular weight excluding hydrogens is 208 g/mol. The van der Waals surface area contributed by atoms with Crippen molar-refractivity contribution in [2.24, 2.45) is 5.92 Å². The van der Waals surface area contributed by atoms with E-state index in [2.05, 4.69) is 30.5 Å².